The molecule has 10 nitrogen and oxygen atoms in total. The molecule has 0 bridgehead atoms. The van der Waals surface area contributed by atoms with Crippen molar-refractivity contribution < 1.29 is 34.1 Å². The van der Waals surface area contributed by atoms with Crippen LogP contribution in [0.3, 0.4) is 0 Å². The molecule has 1 amide bonds. The number of ether oxygens (including phenoxy) is 2. The van der Waals surface area contributed by atoms with Crippen LogP contribution in [-0.2, 0) is 20.8 Å². The van der Waals surface area contributed by atoms with Gasteiger partial charge >= 0.3 is 11.9 Å². The first-order valence-corrected chi connectivity index (χ1v) is 12.5. The number of unbranched alkanes of at least 4 members (excludes halogenated alkanes) is 2. The zero-order chi connectivity index (χ0) is 26.6. The lowest BCUT2D eigenvalue weighted by atomic mass is 10.0. The number of carbonyl (C=O) groups excluding carboxylic acids is 1. The zero-order valence-electron chi connectivity index (χ0n) is 21.1. The van der Waals surface area contributed by atoms with Crippen LogP contribution in [-0.4, -0.2) is 79.4 Å². The second kappa shape index (κ2) is 14.1. The molecule has 10 heteroatoms. The van der Waals surface area contributed by atoms with E-state index >= 15 is 0 Å². The van der Waals surface area contributed by atoms with E-state index in [4.69, 9.17) is 29.3 Å². The van der Waals surface area contributed by atoms with Crippen LogP contribution >= 0.6 is 0 Å². The quantitative estimate of drug-likeness (QED) is 0.342. The van der Waals surface area contributed by atoms with Crippen LogP contribution in [0.4, 0.5) is 11.4 Å². The van der Waals surface area contributed by atoms with E-state index in [0.29, 0.717) is 13.0 Å². The molecular formula is C27H35N3O7. The zero-order valence-corrected chi connectivity index (χ0v) is 21.1. The summed E-state index contributed by atoms with van der Waals surface area (Å²) in [7, 11) is 1.74. The van der Waals surface area contributed by atoms with Crippen LogP contribution in [0.25, 0.3) is 0 Å². The van der Waals surface area contributed by atoms with Gasteiger partial charge in [-0.2, -0.15) is 0 Å². The lowest BCUT2D eigenvalue weighted by molar-refractivity contribution is -0.159. The van der Waals surface area contributed by atoms with E-state index in [2.05, 4.69) is 33.3 Å². The minimum Gasteiger partial charge on any atom is -0.495 e. The molecule has 3 N–H and O–H groups in total. The number of benzene rings is 2. The molecule has 0 aliphatic carbocycles. The highest BCUT2D eigenvalue weighted by molar-refractivity contribution is 6.27. The molecule has 2 aliphatic heterocycles. The number of aryl methyl sites for hydroxylation is 1. The Morgan fingerprint density at radius 3 is 2.38 bits per heavy atom. The van der Waals surface area contributed by atoms with Gasteiger partial charge in [-0.25, -0.2) is 9.59 Å². The third kappa shape index (κ3) is 8.68. The molecule has 37 heavy (non-hydrogen) atoms. The van der Waals surface area contributed by atoms with E-state index in [9.17, 15) is 4.79 Å². The number of rotatable bonds is 9. The molecule has 1 saturated heterocycles. The number of carbonyl (C=O) groups is 3. The molecule has 2 heterocycles. The largest absolute Gasteiger partial charge is 0.495 e. The van der Waals surface area contributed by atoms with Gasteiger partial charge in [-0.15, -0.1) is 0 Å². The van der Waals surface area contributed by atoms with E-state index in [1.54, 1.807) is 7.11 Å². The van der Waals surface area contributed by atoms with Crippen molar-refractivity contribution in [3.63, 3.8) is 0 Å². The van der Waals surface area contributed by atoms with Gasteiger partial charge < -0.3 is 29.9 Å². The van der Waals surface area contributed by atoms with Gasteiger partial charge in [0.05, 0.1) is 19.4 Å². The molecule has 2 aliphatic rings. The van der Waals surface area contributed by atoms with Crippen LogP contribution in [0.5, 0.6) is 11.5 Å². The average Bonchev–Trinajstić information content (AvgIpc) is 2.91. The monoisotopic (exact) mass is 513 g/mol. The number of carboxylic acids is 2. The van der Waals surface area contributed by atoms with Crippen molar-refractivity contribution in [2.24, 2.45) is 0 Å². The Labute approximate surface area is 216 Å². The minimum absolute atomic E-state index is 0.0911. The summed E-state index contributed by atoms with van der Waals surface area (Å²) in [6, 6.07) is 14.3. The number of piperazine rings is 1. The third-order valence-corrected chi connectivity index (χ3v) is 6.35. The van der Waals surface area contributed by atoms with Crippen molar-refractivity contribution in [2.75, 3.05) is 56.7 Å². The van der Waals surface area contributed by atoms with Crippen molar-refractivity contribution in [3.8, 4) is 11.5 Å². The average molecular weight is 514 g/mol. The number of fused-ring (bicyclic) bond motifs is 1. The van der Waals surface area contributed by atoms with Crippen molar-refractivity contribution >= 4 is 29.2 Å². The molecule has 4 rings (SSSR count). The Bertz CT molecular complexity index is 1060. The maximum absolute atomic E-state index is 11.6. The minimum atomic E-state index is -1.82. The highest BCUT2D eigenvalue weighted by atomic mass is 16.5. The number of methoxy groups -OCH3 is 1. The summed E-state index contributed by atoms with van der Waals surface area (Å²) >= 11 is 0. The maximum atomic E-state index is 11.6. The van der Waals surface area contributed by atoms with Crippen molar-refractivity contribution in [1.82, 2.24) is 4.90 Å². The lowest BCUT2D eigenvalue weighted by Gasteiger charge is -2.36. The number of nitrogens with one attached hydrogen (secondary N) is 1. The van der Waals surface area contributed by atoms with E-state index in [-0.39, 0.29) is 5.91 Å². The van der Waals surface area contributed by atoms with E-state index in [1.165, 1.54) is 17.7 Å². The molecule has 0 saturated carbocycles. The summed E-state index contributed by atoms with van der Waals surface area (Å²) in [5, 5.41) is 17.7. The smallest absolute Gasteiger partial charge is 0.414 e. The second-order valence-corrected chi connectivity index (χ2v) is 8.89. The van der Waals surface area contributed by atoms with Crippen LogP contribution in [0.15, 0.2) is 42.5 Å². The van der Waals surface area contributed by atoms with Gasteiger partial charge in [-0.3, -0.25) is 9.69 Å². The van der Waals surface area contributed by atoms with Gasteiger partial charge in [0.2, 0.25) is 5.91 Å². The van der Waals surface area contributed by atoms with Gasteiger partial charge in [0.25, 0.3) is 0 Å². The summed E-state index contributed by atoms with van der Waals surface area (Å²) in [6.07, 6.45) is 4.79. The number of nitrogens with zero attached hydrogens (tertiary/aromatic N) is 2. The number of anilines is 2. The van der Waals surface area contributed by atoms with Crippen LogP contribution in [0.2, 0.25) is 0 Å². The van der Waals surface area contributed by atoms with E-state index in [0.717, 1.165) is 69.2 Å². The van der Waals surface area contributed by atoms with Crippen LogP contribution in [0, 0.1) is 0 Å². The summed E-state index contributed by atoms with van der Waals surface area (Å²) in [5.41, 5.74) is 3.29. The molecule has 0 spiro atoms. The van der Waals surface area contributed by atoms with Gasteiger partial charge in [0, 0.05) is 44.4 Å². The van der Waals surface area contributed by atoms with Crippen molar-refractivity contribution in [2.45, 2.75) is 32.1 Å². The summed E-state index contributed by atoms with van der Waals surface area (Å²) in [4.78, 5) is 34.7. The number of hydrogen-bond acceptors (Lipinski definition) is 7. The Balaban J connectivity index is 0.000000568. The molecule has 2 aromatic rings. The number of amides is 1. The fraction of sp³-hybridized carbons (Fsp3) is 0.444. The molecule has 2 aromatic carbocycles. The Kier molecular flexibility index (Phi) is 10.6. The molecule has 0 radical (unpaired) electrons. The first kappa shape index (κ1) is 27.8. The van der Waals surface area contributed by atoms with E-state index in [1.807, 2.05) is 24.3 Å². The van der Waals surface area contributed by atoms with Gasteiger partial charge in [0.15, 0.2) is 0 Å². The van der Waals surface area contributed by atoms with Crippen molar-refractivity contribution in [1.29, 1.82) is 0 Å². The summed E-state index contributed by atoms with van der Waals surface area (Å²) < 4.78 is 11.4. The lowest BCUT2D eigenvalue weighted by Crippen LogP contribution is -2.46. The molecule has 200 valence electrons. The molecule has 0 aromatic heterocycles. The Morgan fingerprint density at radius 2 is 1.68 bits per heavy atom. The Morgan fingerprint density at radius 1 is 0.946 bits per heavy atom. The fourth-order valence-corrected chi connectivity index (χ4v) is 4.35. The molecular weight excluding hydrogens is 478 g/mol. The highest BCUT2D eigenvalue weighted by Gasteiger charge is 2.19. The summed E-state index contributed by atoms with van der Waals surface area (Å²) in [6.45, 7) is 6.13. The number of aliphatic carboxylic acids is 2. The fourth-order valence-electron chi connectivity index (χ4n) is 4.35. The third-order valence-electron chi connectivity index (χ3n) is 6.35. The maximum Gasteiger partial charge on any atom is 0.414 e. The normalized spacial score (nSPS) is 15.1. The Hall–Kier alpha value is -3.79. The number of carboxylic acid groups (broad SMARTS) is 2. The molecule has 0 unspecified atom stereocenters. The molecule has 0 atom stereocenters. The standard InChI is InChI=1S/C25H33N3O3.C2H2O4/c1-30-24-8-4-3-7-23(24)28-16-14-27(15-17-28)13-5-2-6-18-31-21-11-9-20-10-12-25(29)26-22(20)19-21;3-1(4)2(5)6/h3-4,7-9,11,19H,2,5-6,10,12-18H2,1H3,(H,26,29);(H,3,4)(H,5,6). The van der Waals surface area contributed by atoms with E-state index < -0.39 is 11.9 Å². The second-order valence-electron chi connectivity index (χ2n) is 8.89. The SMILES string of the molecule is COc1ccccc1N1CCN(CCCCCOc2ccc3c(c2)NC(=O)CC3)CC1.O=C(O)C(=O)O. The summed E-state index contributed by atoms with van der Waals surface area (Å²) in [5.74, 6) is -1.76. The predicted octanol–water partition coefficient (Wildman–Crippen LogP) is 3.11. The van der Waals surface area contributed by atoms with Gasteiger partial charge in [0.1, 0.15) is 11.5 Å². The molecule has 1 fully saturated rings. The van der Waals surface area contributed by atoms with Gasteiger partial charge in [-0.1, -0.05) is 18.2 Å². The highest BCUT2D eigenvalue weighted by Crippen LogP contribution is 2.29. The predicted molar refractivity (Wildman–Crippen MR) is 140 cm³/mol. The first-order chi connectivity index (χ1) is 17.9. The van der Waals surface area contributed by atoms with Crippen molar-refractivity contribution in [3.05, 3.63) is 48.0 Å². The van der Waals surface area contributed by atoms with Crippen LogP contribution < -0.4 is 19.7 Å². The first-order valence-electron chi connectivity index (χ1n) is 12.5. The number of para-hydroxylation sites is 2. The van der Waals surface area contributed by atoms with Crippen LogP contribution in [0.1, 0.15) is 31.2 Å². The topological polar surface area (TPSA) is 129 Å². The van der Waals surface area contributed by atoms with Gasteiger partial charge in [-0.05, 0) is 56.0 Å². The number of hydrogen-bond donors (Lipinski definition) is 3.